The Morgan fingerprint density at radius 2 is 2.07 bits per heavy atom. The van der Waals surface area contributed by atoms with Crippen LogP contribution in [0.5, 0.6) is 0 Å². The van der Waals surface area contributed by atoms with E-state index in [0.29, 0.717) is 6.61 Å². The molecule has 1 N–H and O–H groups in total. The predicted molar refractivity (Wildman–Crippen MR) is 64.7 cm³/mol. The summed E-state index contributed by atoms with van der Waals surface area (Å²) in [5.41, 5.74) is 0.830. The Bertz CT molecular complexity index is 308. The minimum absolute atomic E-state index is 0.351. The Kier molecular flexibility index (Phi) is 5.02. The van der Waals surface area contributed by atoms with Gasteiger partial charge in [0, 0.05) is 11.1 Å². The highest BCUT2D eigenvalue weighted by molar-refractivity contribution is 9.10. The van der Waals surface area contributed by atoms with Crippen molar-refractivity contribution in [2.45, 2.75) is 19.1 Å². The molecule has 3 heteroatoms. The molecule has 1 rings (SSSR count). The Morgan fingerprint density at radius 1 is 1.47 bits per heavy atom. The van der Waals surface area contributed by atoms with E-state index >= 15 is 0 Å². The van der Waals surface area contributed by atoms with Crippen LogP contribution < -0.4 is 0 Å². The van der Waals surface area contributed by atoms with E-state index < -0.39 is 6.10 Å². The lowest BCUT2D eigenvalue weighted by Crippen LogP contribution is -2.19. The van der Waals surface area contributed by atoms with Crippen molar-refractivity contribution >= 4 is 15.9 Å². The molecule has 0 aliphatic carbocycles. The Hall–Kier alpha value is -0.640. The lowest BCUT2D eigenvalue weighted by Gasteiger charge is -2.19. The summed E-state index contributed by atoms with van der Waals surface area (Å²) in [5, 5.41) is 9.99. The molecule has 15 heavy (non-hydrogen) atoms. The number of hydrogen-bond acceptors (Lipinski definition) is 2. The van der Waals surface area contributed by atoms with E-state index in [2.05, 4.69) is 22.5 Å². The molecular weight excluding hydrogens is 256 g/mol. The van der Waals surface area contributed by atoms with E-state index in [1.54, 1.807) is 6.08 Å². The molecule has 0 amide bonds. The second-order valence-corrected chi connectivity index (χ2v) is 4.07. The van der Waals surface area contributed by atoms with Gasteiger partial charge in [-0.1, -0.05) is 34.1 Å². The molecule has 0 saturated heterocycles. The van der Waals surface area contributed by atoms with Crippen molar-refractivity contribution in [3.63, 3.8) is 0 Å². The van der Waals surface area contributed by atoms with Crippen LogP contribution in [0.3, 0.4) is 0 Å². The first-order valence-corrected chi connectivity index (χ1v) is 5.66. The van der Waals surface area contributed by atoms with Gasteiger partial charge in [-0.05, 0) is 24.6 Å². The zero-order valence-corrected chi connectivity index (χ0v) is 10.3. The van der Waals surface area contributed by atoms with Crippen LogP contribution in [0.2, 0.25) is 0 Å². The van der Waals surface area contributed by atoms with Gasteiger partial charge in [0.1, 0.15) is 12.2 Å². The molecule has 0 spiro atoms. The molecule has 1 aromatic carbocycles. The Morgan fingerprint density at radius 3 is 2.53 bits per heavy atom. The van der Waals surface area contributed by atoms with Crippen LogP contribution >= 0.6 is 15.9 Å². The Labute approximate surface area is 98.7 Å². The van der Waals surface area contributed by atoms with Crippen LogP contribution in [0.25, 0.3) is 0 Å². The number of aliphatic hydroxyl groups excluding tert-OH is 1. The van der Waals surface area contributed by atoms with Crippen molar-refractivity contribution in [2.75, 3.05) is 6.61 Å². The van der Waals surface area contributed by atoms with Gasteiger partial charge in [0.15, 0.2) is 0 Å². The van der Waals surface area contributed by atoms with Crippen LogP contribution in [0.15, 0.2) is 41.4 Å². The molecule has 0 heterocycles. The van der Waals surface area contributed by atoms with Crippen molar-refractivity contribution in [1.29, 1.82) is 0 Å². The average Bonchev–Trinajstić information content (AvgIpc) is 2.26. The van der Waals surface area contributed by atoms with E-state index in [9.17, 15) is 5.11 Å². The molecule has 2 atom stereocenters. The van der Waals surface area contributed by atoms with E-state index in [0.717, 1.165) is 10.0 Å². The first kappa shape index (κ1) is 12.4. The van der Waals surface area contributed by atoms with Gasteiger partial charge in [0.2, 0.25) is 0 Å². The highest BCUT2D eigenvalue weighted by atomic mass is 79.9. The third-order valence-corrected chi connectivity index (χ3v) is 2.64. The molecule has 2 unspecified atom stereocenters. The van der Waals surface area contributed by atoms with Crippen molar-refractivity contribution in [3.8, 4) is 0 Å². The summed E-state index contributed by atoms with van der Waals surface area (Å²) in [5.74, 6) is 0. The van der Waals surface area contributed by atoms with Gasteiger partial charge >= 0.3 is 0 Å². The van der Waals surface area contributed by atoms with Gasteiger partial charge in [-0.25, -0.2) is 0 Å². The smallest absolute Gasteiger partial charge is 0.109 e. The molecule has 2 nitrogen and oxygen atoms in total. The van der Waals surface area contributed by atoms with Crippen molar-refractivity contribution in [2.24, 2.45) is 0 Å². The third-order valence-electron chi connectivity index (χ3n) is 2.11. The second-order valence-electron chi connectivity index (χ2n) is 3.15. The maximum Gasteiger partial charge on any atom is 0.109 e. The second kappa shape index (κ2) is 6.05. The van der Waals surface area contributed by atoms with Crippen molar-refractivity contribution in [3.05, 3.63) is 47.0 Å². The van der Waals surface area contributed by atoms with Gasteiger partial charge in [-0.3, -0.25) is 0 Å². The summed E-state index contributed by atoms with van der Waals surface area (Å²) in [6.45, 7) is 6.10. The van der Waals surface area contributed by atoms with Crippen LogP contribution in [0.1, 0.15) is 18.6 Å². The Balaban J connectivity index is 2.77. The van der Waals surface area contributed by atoms with E-state index in [4.69, 9.17) is 4.74 Å². The van der Waals surface area contributed by atoms with Crippen molar-refractivity contribution < 1.29 is 9.84 Å². The number of aliphatic hydroxyl groups is 1. The third kappa shape index (κ3) is 3.45. The van der Waals surface area contributed by atoms with Gasteiger partial charge in [-0.15, -0.1) is 6.58 Å². The molecule has 0 saturated carbocycles. The van der Waals surface area contributed by atoms with Crippen molar-refractivity contribution in [1.82, 2.24) is 0 Å². The molecule has 0 aliphatic rings. The van der Waals surface area contributed by atoms with E-state index in [1.807, 2.05) is 31.2 Å². The highest BCUT2D eigenvalue weighted by Gasteiger charge is 2.17. The summed E-state index contributed by atoms with van der Waals surface area (Å²) < 4.78 is 6.35. The fourth-order valence-electron chi connectivity index (χ4n) is 1.33. The highest BCUT2D eigenvalue weighted by Crippen LogP contribution is 2.21. The topological polar surface area (TPSA) is 29.5 Å². The summed E-state index contributed by atoms with van der Waals surface area (Å²) in [6, 6.07) is 7.52. The summed E-state index contributed by atoms with van der Waals surface area (Å²) in [7, 11) is 0. The summed E-state index contributed by atoms with van der Waals surface area (Å²) in [6.07, 6.45) is 0.614. The molecular formula is C12H15BrO2. The van der Waals surface area contributed by atoms with Gasteiger partial charge in [0.25, 0.3) is 0 Å². The van der Waals surface area contributed by atoms with Crippen LogP contribution in [0, 0.1) is 0 Å². The molecule has 82 valence electrons. The van der Waals surface area contributed by atoms with E-state index in [1.165, 1.54) is 0 Å². The number of halogens is 1. The minimum atomic E-state index is -0.657. The molecule has 0 bridgehead atoms. The predicted octanol–water partition coefficient (Wildman–Crippen LogP) is 3.07. The van der Waals surface area contributed by atoms with Gasteiger partial charge in [0.05, 0.1) is 0 Å². The monoisotopic (exact) mass is 270 g/mol. The number of rotatable bonds is 5. The molecule has 1 aromatic rings. The first-order chi connectivity index (χ1) is 7.19. The fourth-order valence-corrected chi connectivity index (χ4v) is 1.59. The molecule has 0 aromatic heterocycles. The van der Waals surface area contributed by atoms with Gasteiger partial charge in [-0.2, -0.15) is 0 Å². The standard InChI is InChI=1S/C12H15BrO2/c1-3-11(15-4-2)12(14)9-5-7-10(13)8-6-9/h3,5-8,11-12,14H,1,4H2,2H3. The quantitative estimate of drug-likeness (QED) is 0.834. The fraction of sp³-hybridized carbons (Fsp3) is 0.333. The first-order valence-electron chi connectivity index (χ1n) is 4.86. The molecule has 0 radical (unpaired) electrons. The maximum absolute atomic E-state index is 9.99. The number of hydrogen-bond donors (Lipinski definition) is 1. The number of benzene rings is 1. The zero-order valence-electron chi connectivity index (χ0n) is 8.69. The summed E-state index contributed by atoms with van der Waals surface area (Å²) in [4.78, 5) is 0. The zero-order chi connectivity index (χ0) is 11.3. The lowest BCUT2D eigenvalue weighted by molar-refractivity contribution is -0.00556. The molecule has 0 aliphatic heterocycles. The maximum atomic E-state index is 9.99. The lowest BCUT2D eigenvalue weighted by atomic mass is 10.0. The van der Waals surface area contributed by atoms with E-state index in [-0.39, 0.29) is 6.10 Å². The minimum Gasteiger partial charge on any atom is -0.385 e. The largest absolute Gasteiger partial charge is 0.385 e. The van der Waals surface area contributed by atoms with Gasteiger partial charge < -0.3 is 9.84 Å². The SMILES string of the molecule is C=CC(OCC)C(O)c1ccc(Br)cc1. The van der Waals surface area contributed by atoms with Crippen LogP contribution in [0.4, 0.5) is 0 Å². The van der Waals surface area contributed by atoms with Crippen LogP contribution in [-0.2, 0) is 4.74 Å². The number of ether oxygens (including phenoxy) is 1. The summed E-state index contributed by atoms with van der Waals surface area (Å²) >= 11 is 3.35. The normalized spacial score (nSPS) is 14.6. The van der Waals surface area contributed by atoms with Crippen LogP contribution in [-0.4, -0.2) is 17.8 Å². The average molecular weight is 271 g/mol. The molecule has 0 fully saturated rings.